The van der Waals surface area contributed by atoms with E-state index in [-0.39, 0.29) is 11.7 Å². The average molecular weight is 516 g/mol. The average Bonchev–Trinajstić information content (AvgIpc) is 2.92. The molecule has 0 radical (unpaired) electrons. The number of methoxy groups -OCH3 is 2. The third-order valence-corrected chi connectivity index (χ3v) is 6.66. The highest BCUT2D eigenvalue weighted by molar-refractivity contribution is 8.00. The van der Waals surface area contributed by atoms with E-state index in [0.717, 1.165) is 11.1 Å². The van der Waals surface area contributed by atoms with Gasteiger partial charge in [-0.05, 0) is 24.3 Å². The molecule has 0 spiro atoms. The Bertz CT molecular complexity index is 1440. The predicted molar refractivity (Wildman–Crippen MR) is 144 cm³/mol. The molecular formula is C28H22ClN3O3S. The molecule has 0 saturated heterocycles. The minimum atomic E-state index is -0.276. The Morgan fingerprint density at radius 1 is 1.00 bits per heavy atom. The van der Waals surface area contributed by atoms with Gasteiger partial charge in [-0.2, -0.15) is 5.26 Å². The first kappa shape index (κ1) is 25.1. The number of thioether (sulfide) groups is 1. The summed E-state index contributed by atoms with van der Waals surface area (Å²) < 4.78 is 10.6. The number of nitrogens with zero attached hydrogens (tertiary/aromatic N) is 2. The Balaban J connectivity index is 1.68. The summed E-state index contributed by atoms with van der Waals surface area (Å²) in [6.45, 7) is 0. The van der Waals surface area contributed by atoms with Gasteiger partial charge in [0.15, 0.2) is 0 Å². The van der Waals surface area contributed by atoms with E-state index in [1.165, 1.54) is 18.9 Å². The maximum absolute atomic E-state index is 12.9. The summed E-state index contributed by atoms with van der Waals surface area (Å²) >= 11 is 7.67. The van der Waals surface area contributed by atoms with E-state index in [1.54, 1.807) is 31.4 Å². The topological polar surface area (TPSA) is 84.2 Å². The molecule has 0 saturated carbocycles. The van der Waals surface area contributed by atoms with Crippen molar-refractivity contribution >= 4 is 35.0 Å². The zero-order chi connectivity index (χ0) is 25.5. The highest BCUT2D eigenvalue weighted by atomic mass is 35.5. The normalized spacial score (nSPS) is 10.4. The quantitative estimate of drug-likeness (QED) is 0.263. The summed E-state index contributed by atoms with van der Waals surface area (Å²) in [5.74, 6) is 0.855. The van der Waals surface area contributed by atoms with E-state index in [4.69, 9.17) is 26.1 Å². The number of anilines is 1. The number of hydrogen-bond acceptors (Lipinski definition) is 6. The number of nitrogens with one attached hydrogen (secondary N) is 1. The highest BCUT2D eigenvalue weighted by Crippen LogP contribution is 2.37. The van der Waals surface area contributed by atoms with E-state index < -0.39 is 0 Å². The molecule has 0 fully saturated rings. The van der Waals surface area contributed by atoms with Crippen LogP contribution in [0, 0.1) is 11.3 Å². The van der Waals surface area contributed by atoms with Gasteiger partial charge in [-0.3, -0.25) is 4.79 Å². The fourth-order valence-electron chi connectivity index (χ4n) is 3.61. The Hall–Kier alpha value is -3.99. The van der Waals surface area contributed by atoms with Gasteiger partial charge in [-0.25, -0.2) is 4.98 Å². The van der Waals surface area contributed by atoms with Crippen molar-refractivity contribution in [2.24, 2.45) is 0 Å². The van der Waals surface area contributed by atoms with Crippen LogP contribution < -0.4 is 14.8 Å². The number of carbonyl (C=O) groups is 1. The van der Waals surface area contributed by atoms with Gasteiger partial charge in [-0.15, -0.1) is 0 Å². The Morgan fingerprint density at radius 2 is 1.75 bits per heavy atom. The third-order valence-electron chi connectivity index (χ3n) is 5.35. The summed E-state index contributed by atoms with van der Waals surface area (Å²) in [7, 11) is 3.08. The lowest BCUT2D eigenvalue weighted by atomic mass is 9.99. The molecule has 4 aromatic rings. The molecule has 1 heterocycles. The van der Waals surface area contributed by atoms with Gasteiger partial charge in [0.2, 0.25) is 5.91 Å². The Morgan fingerprint density at radius 3 is 2.44 bits per heavy atom. The van der Waals surface area contributed by atoms with E-state index in [2.05, 4.69) is 11.4 Å². The van der Waals surface area contributed by atoms with Crippen LogP contribution >= 0.6 is 23.4 Å². The fraction of sp³-hybridized carbons (Fsp3) is 0.107. The van der Waals surface area contributed by atoms with Crippen LogP contribution in [-0.4, -0.2) is 30.9 Å². The molecular weight excluding hydrogens is 494 g/mol. The SMILES string of the molecule is COc1ccc(OC)c(NC(=O)CSc2nc(-c3ccccc3)cc(-c3ccccc3Cl)c2C#N)c1. The molecule has 0 bridgehead atoms. The number of carbonyl (C=O) groups excluding carboxylic acids is 1. The zero-order valence-corrected chi connectivity index (χ0v) is 21.2. The van der Waals surface area contributed by atoms with Crippen molar-refractivity contribution in [3.63, 3.8) is 0 Å². The molecule has 1 aromatic heterocycles. The molecule has 1 amide bonds. The van der Waals surface area contributed by atoms with Crippen molar-refractivity contribution in [1.82, 2.24) is 4.98 Å². The molecule has 8 heteroatoms. The van der Waals surface area contributed by atoms with Crippen LogP contribution in [0.2, 0.25) is 5.02 Å². The van der Waals surface area contributed by atoms with E-state index in [0.29, 0.717) is 44.1 Å². The Kier molecular flexibility index (Phi) is 8.11. The monoisotopic (exact) mass is 515 g/mol. The second-order valence-corrected chi connectivity index (χ2v) is 8.97. The lowest BCUT2D eigenvalue weighted by molar-refractivity contribution is -0.113. The number of pyridine rings is 1. The standard InChI is InChI=1S/C28H22ClN3O3S/c1-34-19-12-13-26(35-2)25(14-19)31-27(33)17-36-28-22(16-30)21(20-10-6-7-11-23(20)29)15-24(32-28)18-8-4-3-5-9-18/h3-15H,17H2,1-2H3,(H,31,33). The van der Waals surface area contributed by atoms with Gasteiger partial charge < -0.3 is 14.8 Å². The van der Waals surface area contributed by atoms with Crippen LogP contribution in [0.4, 0.5) is 5.69 Å². The van der Waals surface area contributed by atoms with E-state index in [1.807, 2.05) is 54.6 Å². The molecule has 180 valence electrons. The second-order valence-electron chi connectivity index (χ2n) is 7.60. The van der Waals surface area contributed by atoms with E-state index >= 15 is 0 Å². The van der Waals surface area contributed by atoms with Crippen LogP contribution in [-0.2, 0) is 4.79 Å². The van der Waals surface area contributed by atoms with Crippen molar-refractivity contribution in [2.75, 3.05) is 25.3 Å². The fourth-order valence-corrected chi connectivity index (χ4v) is 4.66. The first-order valence-corrected chi connectivity index (χ1v) is 12.3. The number of nitriles is 1. The van der Waals surface area contributed by atoms with Crippen LogP contribution in [0.25, 0.3) is 22.4 Å². The molecule has 36 heavy (non-hydrogen) atoms. The van der Waals surface area contributed by atoms with Crippen molar-refractivity contribution in [1.29, 1.82) is 5.26 Å². The van der Waals surface area contributed by atoms with Crippen LogP contribution in [0.3, 0.4) is 0 Å². The maximum atomic E-state index is 12.9. The van der Waals surface area contributed by atoms with E-state index in [9.17, 15) is 10.1 Å². The molecule has 3 aromatic carbocycles. The molecule has 0 aliphatic heterocycles. The van der Waals surface area contributed by atoms with Gasteiger partial charge >= 0.3 is 0 Å². The maximum Gasteiger partial charge on any atom is 0.234 e. The predicted octanol–water partition coefficient (Wildman–Crippen LogP) is 6.69. The van der Waals surface area contributed by atoms with Crippen molar-refractivity contribution in [3.05, 3.63) is 89.4 Å². The number of rotatable bonds is 8. The number of amides is 1. The smallest absolute Gasteiger partial charge is 0.234 e. The highest BCUT2D eigenvalue weighted by Gasteiger charge is 2.19. The number of ether oxygens (including phenoxy) is 2. The molecule has 0 aliphatic carbocycles. The van der Waals surface area contributed by atoms with Gasteiger partial charge in [-0.1, -0.05) is 71.9 Å². The minimum absolute atomic E-state index is 0.0300. The molecule has 0 atom stereocenters. The van der Waals surface area contributed by atoms with Gasteiger partial charge in [0.25, 0.3) is 0 Å². The molecule has 4 rings (SSSR count). The molecule has 0 aliphatic rings. The van der Waals surface area contributed by atoms with Crippen molar-refractivity contribution in [2.45, 2.75) is 5.03 Å². The number of hydrogen-bond donors (Lipinski definition) is 1. The largest absolute Gasteiger partial charge is 0.497 e. The van der Waals surface area contributed by atoms with Crippen LogP contribution in [0.5, 0.6) is 11.5 Å². The lowest BCUT2D eigenvalue weighted by Crippen LogP contribution is -2.15. The lowest BCUT2D eigenvalue weighted by Gasteiger charge is -2.14. The third kappa shape index (κ3) is 5.62. The summed E-state index contributed by atoms with van der Waals surface area (Å²) in [5, 5.41) is 13.9. The zero-order valence-electron chi connectivity index (χ0n) is 19.6. The summed E-state index contributed by atoms with van der Waals surface area (Å²) in [6, 6.07) is 26.3. The molecule has 1 N–H and O–H groups in total. The molecule has 0 unspecified atom stereocenters. The summed E-state index contributed by atoms with van der Waals surface area (Å²) in [5.41, 5.74) is 3.81. The number of aromatic nitrogens is 1. The first-order valence-electron chi connectivity index (χ1n) is 10.9. The minimum Gasteiger partial charge on any atom is -0.497 e. The number of halogens is 1. The number of benzene rings is 3. The van der Waals surface area contributed by atoms with Crippen LogP contribution in [0.15, 0.2) is 83.9 Å². The van der Waals surface area contributed by atoms with Gasteiger partial charge in [0, 0.05) is 27.8 Å². The van der Waals surface area contributed by atoms with Crippen LogP contribution in [0.1, 0.15) is 5.56 Å². The summed E-state index contributed by atoms with van der Waals surface area (Å²) in [6.07, 6.45) is 0. The van der Waals surface area contributed by atoms with Crippen molar-refractivity contribution < 1.29 is 14.3 Å². The van der Waals surface area contributed by atoms with Gasteiger partial charge in [0.05, 0.1) is 36.9 Å². The molecule has 6 nitrogen and oxygen atoms in total. The second kappa shape index (κ2) is 11.6. The summed E-state index contributed by atoms with van der Waals surface area (Å²) in [4.78, 5) is 17.6. The Labute approximate surface area is 218 Å². The van der Waals surface area contributed by atoms with Gasteiger partial charge in [0.1, 0.15) is 22.6 Å². The van der Waals surface area contributed by atoms with Crippen molar-refractivity contribution in [3.8, 4) is 40.0 Å². The first-order chi connectivity index (χ1) is 17.5.